The predicted molar refractivity (Wildman–Crippen MR) is 59.4 cm³/mol. The monoisotopic (exact) mass is 228 g/mol. The molecule has 2 amide bonds. The predicted octanol–water partition coefficient (Wildman–Crippen LogP) is -0.129. The molecular formula is C11H20N2O3. The van der Waals surface area contributed by atoms with Crippen LogP contribution in [0.3, 0.4) is 0 Å². The lowest BCUT2D eigenvalue weighted by Gasteiger charge is -2.21. The molecule has 5 nitrogen and oxygen atoms in total. The fourth-order valence-corrected chi connectivity index (χ4v) is 1.87. The van der Waals surface area contributed by atoms with Gasteiger partial charge in [0.15, 0.2) is 0 Å². The Morgan fingerprint density at radius 2 is 2.19 bits per heavy atom. The number of primary amides is 1. The van der Waals surface area contributed by atoms with Crippen LogP contribution >= 0.6 is 0 Å². The van der Waals surface area contributed by atoms with E-state index in [2.05, 4.69) is 0 Å². The van der Waals surface area contributed by atoms with Crippen molar-refractivity contribution in [3.8, 4) is 0 Å². The first kappa shape index (κ1) is 13.0. The van der Waals surface area contributed by atoms with Gasteiger partial charge < -0.3 is 15.7 Å². The van der Waals surface area contributed by atoms with Crippen LogP contribution in [-0.2, 0) is 9.59 Å². The van der Waals surface area contributed by atoms with E-state index >= 15 is 0 Å². The molecule has 1 aliphatic rings. The molecule has 0 saturated carbocycles. The number of amides is 2. The van der Waals surface area contributed by atoms with Gasteiger partial charge in [-0.05, 0) is 26.7 Å². The van der Waals surface area contributed by atoms with E-state index in [0.29, 0.717) is 32.4 Å². The van der Waals surface area contributed by atoms with E-state index in [0.717, 1.165) is 0 Å². The number of carbonyl (C=O) groups is 2. The Bertz CT molecular complexity index is 291. The van der Waals surface area contributed by atoms with E-state index in [4.69, 9.17) is 10.8 Å². The topological polar surface area (TPSA) is 83.6 Å². The Morgan fingerprint density at radius 1 is 1.56 bits per heavy atom. The summed E-state index contributed by atoms with van der Waals surface area (Å²) in [5.41, 5.74) is 4.72. The molecule has 1 heterocycles. The SMILES string of the molecule is CC(O)CCC(=O)N1CCC(C)(C(N)=O)C1. The maximum absolute atomic E-state index is 11.7. The number of aliphatic hydroxyl groups is 1. The Hall–Kier alpha value is -1.10. The van der Waals surface area contributed by atoms with Gasteiger partial charge in [0.1, 0.15) is 0 Å². The molecule has 0 bridgehead atoms. The van der Waals surface area contributed by atoms with Crippen LogP contribution in [0.15, 0.2) is 0 Å². The van der Waals surface area contributed by atoms with Gasteiger partial charge in [0.2, 0.25) is 11.8 Å². The summed E-state index contributed by atoms with van der Waals surface area (Å²) in [5, 5.41) is 9.09. The number of nitrogens with zero attached hydrogens (tertiary/aromatic N) is 1. The minimum absolute atomic E-state index is 0.00845. The normalized spacial score (nSPS) is 26.8. The first-order valence-corrected chi connectivity index (χ1v) is 5.61. The van der Waals surface area contributed by atoms with Gasteiger partial charge in [0.25, 0.3) is 0 Å². The largest absolute Gasteiger partial charge is 0.393 e. The van der Waals surface area contributed by atoms with E-state index in [1.54, 1.807) is 18.7 Å². The van der Waals surface area contributed by atoms with Gasteiger partial charge in [0, 0.05) is 19.5 Å². The van der Waals surface area contributed by atoms with Gasteiger partial charge in [-0.1, -0.05) is 0 Å². The van der Waals surface area contributed by atoms with Gasteiger partial charge in [-0.3, -0.25) is 9.59 Å². The molecule has 0 aliphatic carbocycles. The average molecular weight is 228 g/mol. The summed E-state index contributed by atoms with van der Waals surface area (Å²) in [4.78, 5) is 24.6. The molecule has 1 fully saturated rings. The molecule has 2 atom stereocenters. The Balaban J connectivity index is 2.47. The first-order valence-electron chi connectivity index (χ1n) is 5.61. The van der Waals surface area contributed by atoms with Gasteiger partial charge >= 0.3 is 0 Å². The summed E-state index contributed by atoms with van der Waals surface area (Å²) >= 11 is 0. The summed E-state index contributed by atoms with van der Waals surface area (Å²) in [5.74, 6) is -0.357. The Morgan fingerprint density at radius 3 is 2.62 bits per heavy atom. The van der Waals surface area contributed by atoms with Crippen LogP contribution < -0.4 is 5.73 Å². The maximum Gasteiger partial charge on any atom is 0.225 e. The van der Waals surface area contributed by atoms with Gasteiger partial charge in [-0.15, -0.1) is 0 Å². The van der Waals surface area contributed by atoms with E-state index in [1.807, 2.05) is 0 Å². The number of rotatable bonds is 4. The van der Waals surface area contributed by atoms with Crippen molar-refractivity contribution in [2.24, 2.45) is 11.1 Å². The van der Waals surface area contributed by atoms with Gasteiger partial charge in [-0.2, -0.15) is 0 Å². The van der Waals surface area contributed by atoms with Crippen molar-refractivity contribution in [1.82, 2.24) is 4.90 Å². The number of likely N-dealkylation sites (tertiary alicyclic amines) is 1. The Kier molecular flexibility index (Phi) is 3.91. The summed E-state index contributed by atoms with van der Waals surface area (Å²) in [6.45, 7) is 4.43. The summed E-state index contributed by atoms with van der Waals surface area (Å²) < 4.78 is 0. The standard InChI is InChI=1S/C11H20N2O3/c1-8(14)3-4-9(15)13-6-5-11(2,7-13)10(12)16/h8,14H,3-7H2,1-2H3,(H2,12,16). The molecule has 1 saturated heterocycles. The Labute approximate surface area is 95.6 Å². The first-order chi connectivity index (χ1) is 7.35. The highest BCUT2D eigenvalue weighted by Crippen LogP contribution is 2.29. The average Bonchev–Trinajstić information content (AvgIpc) is 2.59. The second-order valence-electron chi connectivity index (χ2n) is 4.88. The van der Waals surface area contributed by atoms with Crippen LogP contribution in [0.25, 0.3) is 0 Å². The second kappa shape index (κ2) is 4.82. The number of hydrogen-bond donors (Lipinski definition) is 2. The number of nitrogens with two attached hydrogens (primary N) is 1. The van der Waals surface area contributed by atoms with Crippen LogP contribution in [0.1, 0.15) is 33.1 Å². The molecule has 0 aromatic heterocycles. The summed E-state index contributed by atoms with van der Waals surface area (Å²) in [7, 11) is 0. The van der Waals surface area contributed by atoms with Gasteiger partial charge in [0.05, 0.1) is 11.5 Å². The van der Waals surface area contributed by atoms with Crippen LogP contribution in [0.4, 0.5) is 0 Å². The van der Waals surface area contributed by atoms with E-state index in [9.17, 15) is 9.59 Å². The van der Waals surface area contributed by atoms with E-state index in [-0.39, 0.29) is 11.8 Å². The third-order valence-electron chi connectivity index (χ3n) is 3.20. The number of aliphatic hydroxyl groups excluding tert-OH is 1. The van der Waals surface area contributed by atoms with Crippen molar-refractivity contribution in [1.29, 1.82) is 0 Å². The highest BCUT2D eigenvalue weighted by Gasteiger charge is 2.40. The third kappa shape index (κ3) is 2.95. The third-order valence-corrected chi connectivity index (χ3v) is 3.20. The van der Waals surface area contributed by atoms with Crippen molar-refractivity contribution >= 4 is 11.8 Å². The van der Waals surface area contributed by atoms with Crippen molar-refractivity contribution in [3.63, 3.8) is 0 Å². The zero-order chi connectivity index (χ0) is 12.3. The molecule has 0 spiro atoms. The lowest BCUT2D eigenvalue weighted by molar-refractivity contribution is -0.132. The molecule has 3 N–H and O–H groups in total. The fraction of sp³-hybridized carbons (Fsp3) is 0.818. The minimum Gasteiger partial charge on any atom is -0.393 e. The molecule has 5 heteroatoms. The molecule has 16 heavy (non-hydrogen) atoms. The van der Waals surface area contributed by atoms with Gasteiger partial charge in [-0.25, -0.2) is 0 Å². The van der Waals surface area contributed by atoms with Crippen molar-refractivity contribution < 1.29 is 14.7 Å². The number of carbonyl (C=O) groups excluding carboxylic acids is 2. The van der Waals surface area contributed by atoms with Crippen molar-refractivity contribution in [2.75, 3.05) is 13.1 Å². The molecule has 92 valence electrons. The van der Waals surface area contributed by atoms with Crippen LogP contribution in [0.5, 0.6) is 0 Å². The zero-order valence-corrected chi connectivity index (χ0v) is 9.90. The molecule has 1 aliphatic heterocycles. The molecule has 0 radical (unpaired) electrons. The van der Waals surface area contributed by atoms with Crippen LogP contribution in [0.2, 0.25) is 0 Å². The maximum atomic E-state index is 11.7. The summed E-state index contributed by atoms with van der Waals surface area (Å²) in [6.07, 6.45) is 0.951. The van der Waals surface area contributed by atoms with E-state index < -0.39 is 11.5 Å². The smallest absolute Gasteiger partial charge is 0.225 e. The molecule has 0 aromatic rings. The minimum atomic E-state index is -0.583. The molecule has 1 rings (SSSR count). The summed E-state index contributed by atoms with van der Waals surface area (Å²) in [6, 6.07) is 0. The highest BCUT2D eigenvalue weighted by atomic mass is 16.3. The quantitative estimate of drug-likeness (QED) is 0.703. The van der Waals surface area contributed by atoms with E-state index in [1.165, 1.54) is 0 Å². The van der Waals surface area contributed by atoms with Crippen LogP contribution in [-0.4, -0.2) is 41.0 Å². The highest BCUT2D eigenvalue weighted by molar-refractivity contribution is 5.83. The second-order valence-corrected chi connectivity index (χ2v) is 4.88. The van der Waals surface area contributed by atoms with Crippen LogP contribution in [0, 0.1) is 5.41 Å². The zero-order valence-electron chi connectivity index (χ0n) is 9.90. The lowest BCUT2D eigenvalue weighted by atomic mass is 9.89. The number of hydrogen-bond acceptors (Lipinski definition) is 3. The molecule has 2 unspecified atom stereocenters. The molecular weight excluding hydrogens is 208 g/mol. The lowest BCUT2D eigenvalue weighted by Crippen LogP contribution is -2.38. The van der Waals surface area contributed by atoms with Crippen molar-refractivity contribution in [3.05, 3.63) is 0 Å². The fourth-order valence-electron chi connectivity index (χ4n) is 1.87. The van der Waals surface area contributed by atoms with Crippen molar-refractivity contribution in [2.45, 2.75) is 39.2 Å². The molecule has 0 aromatic carbocycles.